The van der Waals surface area contributed by atoms with Gasteiger partial charge >= 0.3 is 0 Å². The molecule has 1 aromatic carbocycles. The first kappa shape index (κ1) is 21.7. The molecule has 160 valence electrons. The largest absolute Gasteiger partial charge is 0.332 e. The van der Waals surface area contributed by atoms with Crippen molar-refractivity contribution in [2.75, 3.05) is 6.54 Å². The van der Waals surface area contributed by atoms with Crippen LogP contribution in [-0.2, 0) is 13.0 Å². The van der Waals surface area contributed by atoms with Gasteiger partial charge in [-0.25, -0.2) is 18.3 Å². The normalized spacial score (nSPS) is 11.4. The Morgan fingerprint density at radius 3 is 2.67 bits per heavy atom. The van der Waals surface area contributed by atoms with E-state index in [1.807, 2.05) is 20.8 Å². The Hall–Kier alpha value is -3.03. The zero-order valence-electron chi connectivity index (χ0n) is 17.6. The lowest BCUT2D eigenvalue weighted by Crippen LogP contribution is -2.35. The third-order valence-corrected chi connectivity index (χ3v) is 4.81. The van der Waals surface area contributed by atoms with Gasteiger partial charge in [0.25, 0.3) is 11.5 Å². The van der Waals surface area contributed by atoms with Gasteiger partial charge in [-0.05, 0) is 37.5 Å². The van der Waals surface area contributed by atoms with Gasteiger partial charge in [-0.2, -0.15) is 0 Å². The number of nitrogens with one attached hydrogen (secondary N) is 1. The number of hydrogen-bond donors (Lipinski definition) is 1. The van der Waals surface area contributed by atoms with E-state index >= 15 is 0 Å². The van der Waals surface area contributed by atoms with Gasteiger partial charge in [-0.3, -0.25) is 14.7 Å². The quantitative estimate of drug-likeness (QED) is 0.636. The highest BCUT2D eigenvalue weighted by atomic mass is 19.1. The van der Waals surface area contributed by atoms with Crippen molar-refractivity contribution in [2.45, 2.75) is 47.1 Å². The molecule has 0 fully saturated rings. The summed E-state index contributed by atoms with van der Waals surface area (Å²) in [5.41, 5.74) is 2.11. The molecule has 0 spiro atoms. The monoisotopic (exact) mass is 416 g/mol. The van der Waals surface area contributed by atoms with E-state index in [0.29, 0.717) is 30.0 Å². The van der Waals surface area contributed by atoms with E-state index in [9.17, 15) is 18.4 Å². The Morgan fingerprint density at radius 2 is 2.00 bits per heavy atom. The summed E-state index contributed by atoms with van der Waals surface area (Å²) >= 11 is 0. The smallest absolute Gasteiger partial charge is 0.272 e. The van der Waals surface area contributed by atoms with E-state index in [1.54, 1.807) is 6.92 Å². The lowest BCUT2D eigenvalue weighted by atomic mass is 10.1. The summed E-state index contributed by atoms with van der Waals surface area (Å²) in [7, 11) is 0. The molecule has 8 heteroatoms. The van der Waals surface area contributed by atoms with E-state index in [1.165, 1.54) is 15.5 Å². The third kappa shape index (κ3) is 4.42. The number of nitrogens with zero attached hydrogens (tertiary/aromatic N) is 3. The molecule has 30 heavy (non-hydrogen) atoms. The van der Waals surface area contributed by atoms with Crippen molar-refractivity contribution in [2.24, 2.45) is 5.92 Å². The van der Waals surface area contributed by atoms with Crippen LogP contribution in [0, 0.1) is 24.5 Å². The summed E-state index contributed by atoms with van der Waals surface area (Å²) in [4.78, 5) is 31.4. The number of aryl methyl sites for hydroxylation is 2. The molecule has 0 radical (unpaired) electrons. The maximum absolute atomic E-state index is 14.2. The van der Waals surface area contributed by atoms with E-state index < -0.39 is 17.5 Å². The third-order valence-electron chi connectivity index (χ3n) is 4.81. The van der Waals surface area contributed by atoms with E-state index in [0.717, 1.165) is 30.2 Å². The maximum atomic E-state index is 14.2. The van der Waals surface area contributed by atoms with Crippen LogP contribution >= 0.6 is 0 Å². The van der Waals surface area contributed by atoms with Gasteiger partial charge in [-0.1, -0.05) is 27.2 Å². The minimum atomic E-state index is -0.769. The SMILES string of the molecule is CCCc1c(CN(CC(C)C)C(=O)c2cc(F)ccc2F)[nH]n2c(=O)cc(C)nc12. The highest BCUT2D eigenvalue weighted by Gasteiger charge is 2.24. The molecule has 2 aromatic heterocycles. The van der Waals surface area contributed by atoms with Crippen molar-refractivity contribution in [1.82, 2.24) is 19.5 Å². The fourth-order valence-electron chi connectivity index (χ4n) is 3.57. The van der Waals surface area contributed by atoms with Crippen LogP contribution in [0.15, 0.2) is 29.1 Å². The molecule has 0 saturated carbocycles. The molecule has 0 atom stereocenters. The number of H-pyrrole nitrogens is 1. The lowest BCUT2D eigenvalue weighted by Gasteiger charge is -2.25. The van der Waals surface area contributed by atoms with Gasteiger partial charge in [0.2, 0.25) is 0 Å². The summed E-state index contributed by atoms with van der Waals surface area (Å²) in [5, 5.41) is 3.06. The lowest BCUT2D eigenvalue weighted by molar-refractivity contribution is 0.0714. The van der Waals surface area contributed by atoms with Crippen LogP contribution in [0.25, 0.3) is 5.65 Å². The highest BCUT2D eigenvalue weighted by Crippen LogP contribution is 2.20. The van der Waals surface area contributed by atoms with Crippen LogP contribution in [0.4, 0.5) is 8.78 Å². The number of halogens is 2. The molecule has 0 aliphatic rings. The molecule has 3 rings (SSSR count). The number of aromatic nitrogens is 3. The molecular weight excluding hydrogens is 390 g/mol. The number of amides is 1. The van der Waals surface area contributed by atoms with Crippen molar-refractivity contribution < 1.29 is 13.6 Å². The van der Waals surface area contributed by atoms with Crippen molar-refractivity contribution in [1.29, 1.82) is 0 Å². The van der Waals surface area contributed by atoms with Crippen LogP contribution in [0.3, 0.4) is 0 Å². The summed E-state index contributed by atoms with van der Waals surface area (Å²) in [6.45, 7) is 8.12. The molecule has 0 unspecified atom stereocenters. The average molecular weight is 416 g/mol. The van der Waals surface area contributed by atoms with Crippen molar-refractivity contribution in [3.8, 4) is 0 Å². The molecule has 6 nitrogen and oxygen atoms in total. The fourth-order valence-corrected chi connectivity index (χ4v) is 3.57. The highest BCUT2D eigenvalue weighted by molar-refractivity contribution is 5.94. The molecule has 0 aliphatic carbocycles. The standard InChI is InChI=1S/C22H26F2N4O2/c1-5-6-16-19(26-28-20(29)9-14(4)25-21(16)28)12-27(11-13(2)3)22(30)17-10-15(23)7-8-18(17)24/h7-10,13,26H,5-6,11-12H2,1-4H3. The predicted molar refractivity (Wildman–Crippen MR) is 110 cm³/mol. The Kier molecular flexibility index (Phi) is 6.34. The molecule has 2 heterocycles. The first-order chi connectivity index (χ1) is 14.2. The van der Waals surface area contributed by atoms with Gasteiger partial charge in [0, 0.05) is 23.9 Å². The van der Waals surface area contributed by atoms with Gasteiger partial charge in [0.05, 0.1) is 17.8 Å². The van der Waals surface area contributed by atoms with Crippen LogP contribution in [0.5, 0.6) is 0 Å². The Labute approximate surface area is 173 Å². The van der Waals surface area contributed by atoms with Crippen LogP contribution in [0.1, 0.15) is 54.5 Å². The summed E-state index contributed by atoms with van der Waals surface area (Å²) in [6.07, 6.45) is 1.48. The predicted octanol–water partition coefficient (Wildman–Crippen LogP) is 3.86. The Balaban J connectivity index is 2.07. The first-order valence-electron chi connectivity index (χ1n) is 10.1. The van der Waals surface area contributed by atoms with Gasteiger partial charge < -0.3 is 4.90 Å². The second-order valence-electron chi connectivity index (χ2n) is 7.92. The van der Waals surface area contributed by atoms with Crippen molar-refractivity contribution >= 4 is 11.6 Å². The first-order valence-corrected chi connectivity index (χ1v) is 10.1. The van der Waals surface area contributed by atoms with Gasteiger partial charge in [0.1, 0.15) is 11.6 Å². The van der Waals surface area contributed by atoms with E-state index in [4.69, 9.17) is 0 Å². The molecule has 0 saturated heterocycles. The molecule has 0 bridgehead atoms. The van der Waals surface area contributed by atoms with Gasteiger partial charge in [-0.15, -0.1) is 0 Å². The minimum absolute atomic E-state index is 0.104. The average Bonchev–Trinajstić information content (AvgIpc) is 3.00. The molecule has 0 aliphatic heterocycles. The zero-order chi connectivity index (χ0) is 22.0. The Morgan fingerprint density at radius 1 is 1.27 bits per heavy atom. The van der Waals surface area contributed by atoms with Crippen LogP contribution < -0.4 is 5.56 Å². The molecule has 1 amide bonds. The number of carbonyl (C=O) groups is 1. The minimum Gasteiger partial charge on any atom is -0.332 e. The number of carbonyl (C=O) groups excluding carboxylic acids is 1. The number of fused-ring (bicyclic) bond motifs is 1. The summed E-state index contributed by atoms with van der Waals surface area (Å²) in [6, 6.07) is 4.28. The summed E-state index contributed by atoms with van der Waals surface area (Å²) < 4.78 is 29.3. The van der Waals surface area contributed by atoms with Crippen LogP contribution in [-0.4, -0.2) is 31.9 Å². The second-order valence-corrected chi connectivity index (χ2v) is 7.92. The number of hydrogen-bond acceptors (Lipinski definition) is 3. The number of rotatable bonds is 7. The molecule has 3 aromatic rings. The van der Waals surface area contributed by atoms with Crippen LogP contribution in [0.2, 0.25) is 0 Å². The molecule has 1 N–H and O–H groups in total. The zero-order valence-corrected chi connectivity index (χ0v) is 17.6. The van der Waals surface area contributed by atoms with Crippen molar-refractivity contribution in [3.05, 3.63) is 68.8 Å². The number of aromatic amines is 1. The van der Waals surface area contributed by atoms with E-state index in [2.05, 4.69) is 10.1 Å². The van der Waals surface area contributed by atoms with Crippen molar-refractivity contribution in [3.63, 3.8) is 0 Å². The molecular formula is C22H26F2N4O2. The second kappa shape index (κ2) is 8.77. The topological polar surface area (TPSA) is 70.5 Å². The number of benzene rings is 1. The Bertz CT molecular complexity index is 1130. The maximum Gasteiger partial charge on any atom is 0.272 e. The fraction of sp³-hybridized carbons (Fsp3) is 0.409. The van der Waals surface area contributed by atoms with E-state index in [-0.39, 0.29) is 23.6 Å². The summed E-state index contributed by atoms with van der Waals surface area (Å²) in [5.74, 6) is -1.94. The van der Waals surface area contributed by atoms with Gasteiger partial charge in [0.15, 0.2) is 5.65 Å².